The molecule has 0 atom stereocenters. The van der Waals surface area contributed by atoms with Crippen molar-refractivity contribution in [1.29, 1.82) is 0 Å². The Morgan fingerprint density at radius 2 is 2.19 bits per heavy atom. The summed E-state index contributed by atoms with van der Waals surface area (Å²) in [5.74, 6) is 0.231. The number of anilines is 1. The maximum Gasteiger partial charge on any atom is 0.348 e. The van der Waals surface area contributed by atoms with E-state index in [1.807, 2.05) is 19.2 Å². The molecule has 8 heteroatoms. The van der Waals surface area contributed by atoms with Crippen LogP contribution in [-0.4, -0.2) is 27.3 Å². The van der Waals surface area contributed by atoms with E-state index in [2.05, 4.69) is 9.97 Å². The molecule has 3 rings (SSSR count). The van der Waals surface area contributed by atoms with Crippen molar-refractivity contribution in [2.24, 2.45) is 0 Å². The molecule has 0 radical (unpaired) electrons. The lowest BCUT2D eigenvalue weighted by Gasteiger charge is -2.03. The Labute approximate surface area is 128 Å². The second-order valence-electron chi connectivity index (χ2n) is 4.30. The first-order valence-electron chi connectivity index (χ1n) is 5.95. The number of aromatic nitrogens is 2. The average Bonchev–Trinajstić information content (AvgIpc) is 3.02. The molecule has 6 nitrogen and oxygen atoms in total. The van der Waals surface area contributed by atoms with Gasteiger partial charge >= 0.3 is 5.97 Å². The molecule has 3 aromatic rings. The van der Waals surface area contributed by atoms with Crippen LogP contribution in [0.4, 0.5) is 5.69 Å². The normalized spacial score (nSPS) is 11.1. The maximum absolute atomic E-state index is 11.3. The van der Waals surface area contributed by atoms with Gasteiger partial charge in [-0.25, -0.2) is 14.8 Å². The van der Waals surface area contributed by atoms with E-state index in [-0.39, 0.29) is 10.6 Å². The topological polar surface area (TPSA) is 102 Å². The number of carbonyl (C=O) groups is 1. The summed E-state index contributed by atoms with van der Waals surface area (Å²) < 4.78 is 5.60. The molecule has 0 spiro atoms. The van der Waals surface area contributed by atoms with Gasteiger partial charge in [0.25, 0.3) is 0 Å². The van der Waals surface area contributed by atoms with Crippen molar-refractivity contribution in [2.75, 3.05) is 12.0 Å². The highest BCUT2D eigenvalue weighted by molar-refractivity contribution is 7.98. The number of nitrogen functional groups attached to an aromatic ring is 1. The zero-order chi connectivity index (χ0) is 15.1. The Balaban J connectivity index is 2.38. The van der Waals surface area contributed by atoms with Crippen LogP contribution >= 0.6 is 23.1 Å². The van der Waals surface area contributed by atoms with Gasteiger partial charge in [-0.05, 0) is 25.3 Å². The van der Waals surface area contributed by atoms with E-state index in [1.165, 1.54) is 11.8 Å². The van der Waals surface area contributed by atoms with Gasteiger partial charge in [0.1, 0.15) is 21.2 Å². The van der Waals surface area contributed by atoms with E-state index in [1.54, 1.807) is 6.07 Å². The monoisotopic (exact) mass is 321 g/mol. The van der Waals surface area contributed by atoms with Gasteiger partial charge in [0.2, 0.25) is 0 Å². The van der Waals surface area contributed by atoms with Gasteiger partial charge < -0.3 is 15.3 Å². The number of hydrogen-bond acceptors (Lipinski definition) is 7. The van der Waals surface area contributed by atoms with Crippen LogP contribution in [0.2, 0.25) is 0 Å². The Bertz CT molecular complexity index is 854. The van der Waals surface area contributed by atoms with Crippen LogP contribution in [0.5, 0.6) is 0 Å². The Morgan fingerprint density at radius 3 is 2.76 bits per heavy atom. The van der Waals surface area contributed by atoms with E-state index in [4.69, 9.17) is 10.2 Å². The molecule has 0 aliphatic carbocycles. The summed E-state index contributed by atoms with van der Waals surface area (Å²) in [6.45, 7) is 1.83. The number of nitrogens with two attached hydrogens (primary N) is 1. The summed E-state index contributed by atoms with van der Waals surface area (Å²) in [4.78, 5) is 20.6. The largest absolute Gasteiger partial charge is 0.477 e. The highest BCUT2D eigenvalue weighted by Crippen LogP contribution is 2.39. The minimum atomic E-state index is -1.07. The third kappa shape index (κ3) is 2.26. The number of furan rings is 1. The zero-order valence-corrected chi connectivity index (χ0v) is 12.8. The third-order valence-corrected chi connectivity index (χ3v) is 4.55. The quantitative estimate of drug-likeness (QED) is 0.563. The van der Waals surface area contributed by atoms with Crippen molar-refractivity contribution in [3.63, 3.8) is 0 Å². The van der Waals surface area contributed by atoms with Crippen molar-refractivity contribution in [1.82, 2.24) is 9.97 Å². The van der Waals surface area contributed by atoms with Gasteiger partial charge in [-0.3, -0.25) is 0 Å². The highest BCUT2D eigenvalue weighted by Gasteiger charge is 2.22. The number of aryl methyl sites for hydroxylation is 1. The molecule has 0 aliphatic rings. The van der Waals surface area contributed by atoms with E-state index in [0.717, 1.165) is 17.1 Å². The number of hydrogen-bond donors (Lipinski definition) is 2. The first-order chi connectivity index (χ1) is 10.0. The van der Waals surface area contributed by atoms with Gasteiger partial charge in [-0.15, -0.1) is 11.3 Å². The van der Waals surface area contributed by atoms with Crippen molar-refractivity contribution >= 4 is 45.0 Å². The molecule has 108 valence electrons. The third-order valence-electron chi connectivity index (χ3n) is 2.92. The molecule has 0 amide bonds. The Morgan fingerprint density at radius 1 is 1.43 bits per heavy atom. The number of aromatic carboxylic acids is 1. The van der Waals surface area contributed by atoms with Crippen LogP contribution in [-0.2, 0) is 0 Å². The Kier molecular flexibility index (Phi) is 3.34. The number of fused-ring (bicyclic) bond motifs is 1. The van der Waals surface area contributed by atoms with Crippen LogP contribution in [0.15, 0.2) is 21.7 Å². The minimum absolute atomic E-state index is 0.0714. The molecule has 0 bridgehead atoms. The predicted octanol–water partition coefficient (Wildman–Crippen LogP) is 3.26. The summed E-state index contributed by atoms with van der Waals surface area (Å²) in [5.41, 5.74) is 6.68. The van der Waals surface area contributed by atoms with Gasteiger partial charge in [0.05, 0.1) is 11.1 Å². The van der Waals surface area contributed by atoms with E-state index in [9.17, 15) is 9.90 Å². The van der Waals surface area contributed by atoms with Crippen molar-refractivity contribution in [2.45, 2.75) is 12.1 Å². The number of thiophene rings is 1. The molecule has 0 aromatic carbocycles. The van der Waals surface area contributed by atoms with Crippen molar-refractivity contribution < 1.29 is 14.3 Å². The fourth-order valence-corrected chi connectivity index (χ4v) is 3.35. The minimum Gasteiger partial charge on any atom is -0.477 e. The highest BCUT2D eigenvalue weighted by atomic mass is 32.2. The second kappa shape index (κ2) is 5.05. The van der Waals surface area contributed by atoms with Gasteiger partial charge in [-0.1, -0.05) is 11.8 Å². The lowest BCUT2D eigenvalue weighted by molar-refractivity contribution is 0.0703. The molecule has 0 aliphatic heterocycles. The molecule has 3 aromatic heterocycles. The zero-order valence-electron chi connectivity index (χ0n) is 11.2. The molecule has 3 N–H and O–H groups in total. The first kappa shape index (κ1) is 13.9. The van der Waals surface area contributed by atoms with Crippen LogP contribution in [0, 0.1) is 6.92 Å². The molecule has 0 fully saturated rings. The Hall–Kier alpha value is -2.06. The molecule has 0 saturated heterocycles. The standard InChI is InChI=1S/C13H11N3O3S2/c1-5-3-4-6(19-5)9-7-8(14)10(12(17)18)21-11(7)16-13(15-9)20-2/h3-4H,14H2,1-2H3,(H,17,18). The lowest BCUT2D eigenvalue weighted by atomic mass is 10.2. The van der Waals surface area contributed by atoms with Crippen molar-refractivity contribution in [3.05, 3.63) is 22.8 Å². The molecular weight excluding hydrogens is 310 g/mol. The molecule has 0 unspecified atom stereocenters. The number of carboxylic acid groups (broad SMARTS) is 1. The lowest BCUT2D eigenvalue weighted by Crippen LogP contribution is -1.98. The molecule has 0 saturated carbocycles. The van der Waals surface area contributed by atoms with Crippen LogP contribution in [0.3, 0.4) is 0 Å². The number of thioether (sulfide) groups is 1. The number of rotatable bonds is 3. The molecule has 21 heavy (non-hydrogen) atoms. The van der Waals surface area contributed by atoms with Crippen molar-refractivity contribution in [3.8, 4) is 11.5 Å². The fraction of sp³-hybridized carbons (Fsp3) is 0.154. The smallest absolute Gasteiger partial charge is 0.348 e. The SMILES string of the molecule is CSc1nc(-c2ccc(C)o2)c2c(N)c(C(=O)O)sc2n1. The second-order valence-corrected chi connectivity index (χ2v) is 6.07. The predicted molar refractivity (Wildman–Crippen MR) is 83.0 cm³/mol. The van der Waals surface area contributed by atoms with Crippen LogP contribution < -0.4 is 5.73 Å². The fourth-order valence-electron chi connectivity index (χ4n) is 1.99. The van der Waals surface area contributed by atoms with Gasteiger partial charge in [-0.2, -0.15) is 0 Å². The maximum atomic E-state index is 11.3. The summed E-state index contributed by atoms with van der Waals surface area (Å²) in [7, 11) is 0. The van der Waals surface area contributed by atoms with E-state index < -0.39 is 5.97 Å². The molecule has 3 heterocycles. The summed E-state index contributed by atoms with van der Waals surface area (Å²) in [5, 5.41) is 10.3. The van der Waals surface area contributed by atoms with Crippen LogP contribution in [0.1, 0.15) is 15.4 Å². The number of carboxylic acids is 1. The first-order valence-corrected chi connectivity index (χ1v) is 7.99. The summed E-state index contributed by atoms with van der Waals surface area (Å²) >= 11 is 2.42. The number of nitrogens with zero attached hydrogens (tertiary/aromatic N) is 2. The van der Waals surface area contributed by atoms with E-state index in [0.29, 0.717) is 26.8 Å². The average molecular weight is 321 g/mol. The molecular formula is C13H11N3O3S2. The van der Waals surface area contributed by atoms with Gasteiger partial charge in [0.15, 0.2) is 10.9 Å². The summed E-state index contributed by atoms with van der Waals surface area (Å²) in [6.07, 6.45) is 1.85. The van der Waals surface area contributed by atoms with Crippen LogP contribution in [0.25, 0.3) is 21.7 Å². The summed E-state index contributed by atoms with van der Waals surface area (Å²) in [6, 6.07) is 3.61. The van der Waals surface area contributed by atoms with E-state index >= 15 is 0 Å². The van der Waals surface area contributed by atoms with Gasteiger partial charge in [0, 0.05) is 0 Å².